The van der Waals surface area contributed by atoms with Gasteiger partial charge in [-0.05, 0) is 122 Å². The fourth-order valence-electron chi connectivity index (χ4n) is 8.62. The Hall–Kier alpha value is -4.71. The minimum Gasteiger partial charge on any atom is -0.462 e. The van der Waals surface area contributed by atoms with E-state index in [-0.39, 0.29) is 37.5 Å². The van der Waals surface area contributed by atoms with Crippen molar-refractivity contribution in [3.8, 4) is 0 Å². The molecular formula is C73H118O6. The van der Waals surface area contributed by atoms with Crippen LogP contribution < -0.4 is 0 Å². The maximum atomic E-state index is 12.9. The van der Waals surface area contributed by atoms with E-state index < -0.39 is 6.10 Å². The third kappa shape index (κ3) is 64.0. The van der Waals surface area contributed by atoms with Crippen LogP contribution in [0.1, 0.15) is 278 Å². The summed E-state index contributed by atoms with van der Waals surface area (Å²) < 4.78 is 16.8. The van der Waals surface area contributed by atoms with Gasteiger partial charge >= 0.3 is 17.9 Å². The van der Waals surface area contributed by atoms with Gasteiger partial charge in [-0.1, -0.05) is 282 Å². The van der Waals surface area contributed by atoms with Gasteiger partial charge in [0.2, 0.25) is 0 Å². The number of hydrogen-bond donors (Lipinski definition) is 0. The van der Waals surface area contributed by atoms with Crippen LogP contribution in [-0.2, 0) is 28.6 Å². The van der Waals surface area contributed by atoms with Gasteiger partial charge in [0.25, 0.3) is 0 Å². The topological polar surface area (TPSA) is 78.9 Å². The SMILES string of the molecule is CC/C=C\C/C=C\C/C=C\C/C=C\C/C=C\CCCCCCCCCCCCCCCCCCCC(=O)OCC(COC(=O)CC/C=C\C/C=C\C/C=C\C/C=C\CC)OC(=O)CCCCCCC/C=C\C/C=C\C/C=C\CC. The molecule has 0 saturated carbocycles. The van der Waals surface area contributed by atoms with Crippen LogP contribution in [0.5, 0.6) is 0 Å². The normalized spacial score (nSPS) is 13.1. The summed E-state index contributed by atoms with van der Waals surface area (Å²) in [7, 11) is 0. The lowest BCUT2D eigenvalue weighted by molar-refractivity contribution is -0.166. The van der Waals surface area contributed by atoms with Gasteiger partial charge in [-0.25, -0.2) is 0 Å². The molecular weight excluding hydrogens is 973 g/mol. The molecule has 6 nitrogen and oxygen atoms in total. The van der Waals surface area contributed by atoms with Gasteiger partial charge in [-0.3, -0.25) is 14.4 Å². The smallest absolute Gasteiger partial charge is 0.306 e. The molecule has 0 aliphatic heterocycles. The van der Waals surface area contributed by atoms with Gasteiger partial charge in [0.05, 0.1) is 0 Å². The number of allylic oxidation sites excluding steroid dienone is 24. The molecule has 0 fully saturated rings. The molecule has 6 heteroatoms. The molecule has 0 bridgehead atoms. The Labute approximate surface area is 487 Å². The van der Waals surface area contributed by atoms with E-state index in [1.165, 1.54) is 96.3 Å². The summed E-state index contributed by atoms with van der Waals surface area (Å²) in [6, 6.07) is 0. The van der Waals surface area contributed by atoms with Crippen LogP contribution in [0.4, 0.5) is 0 Å². The summed E-state index contributed by atoms with van der Waals surface area (Å²) in [4.78, 5) is 38.2. The van der Waals surface area contributed by atoms with Crippen LogP contribution in [0.15, 0.2) is 146 Å². The lowest BCUT2D eigenvalue weighted by Gasteiger charge is -2.18. The Kier molecular flexibility index (Phi) is 61.9. The number of hydrogen-bond acceptors (Lipinski definition) is 6. The molecule has 0 N–H and O–H groups in total. The van der Waals surface area contributed by atoms with Crippen molar-refractivity contribution in [1.29, 1.82) is 0 Å². The summed E-state index contributed by atoms with van der Waals surface area (Å²) >= 11 is 0. The first-order chi connectivity index (χ1) is 39.0. The zero-order chi connectivity index (χ0) is 57.1. The highest BCUT2D eigenvalue weighted by molar-refractivity contribution is 5.71. The van der Waals surface area contributed by atoms with E-state index in [9.17, 15) is 14.4 Å². The second-order valence-corrected chi connectivity index (χ2v) is 20.9. The van der Waals surface area contributed by atoms with Gasteiger partial charge in [-0.2, -0.15) is 0 Å². The Balaban J connectivity index is 4.22. The fourth-order valence-corrected chi connectivity index (χ4v) is 8.62. The molecule has 0 aliphatic rings. The highest BCUT2D eigenvalue weighted by Crippen LogP contribution is 2.16. The number of rotatable bonds is 57. The number of carbonyl (C=O) groups is 3. The minimum atomic E-state index is -0.820. The van der Waals surface area contributed by atoms with Gasteiger partial charge in [0.15, 0.2) is 6.10 Å². The van der Waals surface area contributed by atoms with E-state index in [0.717, 1.165) is 135 Å². The molecule has 0 radical (unpaired) electrons. The van der Waals surface area contributed by atoms with Crippen molar-refractivity contribution in [1.82, 2.24) is 0 Å². The first-order valence-electron chi connectivity index (χ1n) is 32.3. The molecule has 79 heavy (non-hydrogen) atoms. The van der Waals surface area contributed by atoms with Crippen LogP contribution in [0, 0.1) is 0 Å². The van der Waals surface area contributed by atoms with E-state index >= 15 is 0 Å². The average molecular weight is 1090 g/mol. The number of ether oxygens (including phenoxy) is 3. The molecule has 0 aliphatic carbocycles. The Morgan fingerprint density at radius 3 is 0.785 bits per heavy atom. The van der Waals surface area contributed by atoms with E-state index in [2.05, 4.69) is 161 Å². The van der Waals surface area contributed by atoms with Crippen LogP contribution in [0.3, 0.4) is 0 Å². The minimum absolute atomic E-state index is 0.110. The monoisotopic (exact) mass is 1090 g/mol. The number of esters is 3. The summed E-state index contributed by atoms with van der Waals surface area (Å²) in [5, 5.41) is 0. The molecule has 0 aromatic rings. The van der Waals surface area contributed by atoms with Crippen molar-refractivity contribution in [3.05, 3.63) is 146 Å². The van der Waals surface area contributed by atoms with E-state index in [4.69, 9.17) is 14.2 Å². The third-order valence-electron chi connectivity index (χ3n) is 13.3. The molecule has 0 amide bonds. The van der Waals surface area contributed by atoms with Crippen molar-refractivity contribution in [2.75, 3.05) is 13.2 Å². The highest BCUT2D eigenvalue weighted by atomic mass is 16.6. The van der Waals surface area contributed by atoms with E-state index in [1.54, 1.807) is 0 Å². The predicted molar refractivity (Wildman–Crippen MR) is 343 cm³/mol. The Bertz CT molecular complexity index is 1730. The van der Waals surface area contributed by atoms with Crippen molar-refractivity contribution < 1.29 is 28.6 Å². The Morgan fingerprint density at radius 2 is 0.481 bits per heavy atom. The molecule has 0 rings (SSSR count). The average Bonchev–Trinajstić information content (AvgIpc) is 3.45. The second kappa shape index (κ2) is 65.8. The fraction of sp³-hybridized carbons (Fsp3) is 0.630. The molecule has 0 spiro atoms. The zero-order valence-electron chi connectivity index (χ0n) is 51.1. The second-order valence-electron chi connectivity index (χ2n) is 20.9. The number of carbonyl (C=O) groups excluding carboxylic acids is 3. The van der Waals surface area contributed by atoms with Gasteiger partial charge in [-0.15, -0.1) is 0 Å². The summed E-state index contributed by atoms with van der Waals surface area (Å²) in [6.45, 7) is 6.22. The molecule has 0 saturated heterocycles. The van der Waals surface area contributed by atoms with Gasteiger partial charge < -0.3 is 14.2 Å². The largest absolute Gasteiger partial charge is 0.462 e. The lowest BCUT2D eigenvalue weighted by Crippen LogP contribution is -2.30. The predicted octanol–water partition coefficient (Wildman–Crippen LogP) is 22.3. The number of unbranched alkanes of at least 4 members (excludes halogenated alkanes) is 22. The molecule has 0 aromatic heterocycles. The summed E-state index contributed by atoms with van der Waals surface area (Å²) in [5.41, 5.74) is 0. The molecule has 1 atom stereocenters. The highest BCUT2D eigenvalue weighted by Gasteiger charge is 2.19. The maximum Gasteiger partial charge on any atom is 0.306 e. The van der Waals surface area contributed by atoms with Crippen LogP contribution >= 0.6 is 0 Å². The first-order valence-corrected chi connectivity index (χ1v) is 32.3. The van der Waals surface area contributed by atoms with Crippen molar-refractivity contribution >= 4 is 17.9 Å². The van der Waals surface area contributed by atoms with Crippen LogP contribution in [0.25, 0.3) is 0 Å². The maximum absolute atomic E-state index is 12.9. The molecule has 0 heterocycles. The summed E-state index contributed by atoms with van der Waals surface area (Å²) in [5.74, 6) is -1.01. The van der Waals surface area contributed by atoms with Crippen LogP contribution in [0.2, 0.25) is 0 Å². The standard InChI is InChI=1S/C73H118O6/c1-4-7-10-13-16-19-22-25-27-28-29-30-31-32-33-34-35-36-37-38-39-40-41-42-43-44-46-48-51-54-57-60-63-66-72(75)78-69-70(68-77-71(74)65-62-59-56-53-50-47-24-21-18-15-12-9-6-3)79-73(76)67-64-61-58-55-52-49-45-26-23-20-17-14-11-8-5-2/h7-12,16-21,25-27,29-30,32-33,45,47,50,56,59,70H,4-6,13-15,22-24,28,31,34-44,46,48-49,51-55,57-58,60-69H2,1-3H3/b10-7-,11-8-,12-9-,19-16-,20-17-,21-18-,27-25-,30-29-,33-32-,45-26-,50-47-,59-56-. The van der Waals surface area contributed by atoms with Gasteiger partial charge in [0, 0.05) is 19.3 Å². The van der Waals surface area contributed by atoms with E-state index in [0.29, 0.717) is 19.3 Å². The first kappa shape index (κ1) is 74.3. The lowest BCUT2D eigenvalue weighted by atomic mass is 10.0. The third-order valence-corrected chi connectivity index (χ3v) is 13.3. The van der Waals surface area contributed by atoms with Crippen molar-refractivity contribution in [3.63, 3.8) is 0 Å². The summed E-state index contributed by atoms with van der Waals surface area (Å²) in [6.07, 6.45) is 94.6. The molecule has 446 valence electrons. The van der Waals surface area contributed by atoms with Crippen LogP contribution in [-0.4, -0.2) is 37.2 Å². The van der Waals surface area contributed by atoms with E-state index in [1.807, 2.05) is 6.08 Å². The van der Waals surface area contributed by atoms with Gasteiger partial charge in [0.1, 0.15) is 13.2 Å². The Morgan fingerprint density at radius 1 is 0.253 bits per heavy atom. The molecule has 0 aromatic carbocycles. The quantitative estimate of drug-likeness (QED) is 0.0261. The molecule has 1 unspecified atom stereocenters. The zero-order valence-corrected chi connectivity index (χ0v) is 51.1. The van der Waals surface area contributed by atoms with Crippen molar-refractivity contribution in [2.24, 2.45) is 0 Å². The van der Waals surface area contributed by atoms with Crippen molar-refractivity contribution in [2.45, 2.75) is 284 Å².